The lowest BCUT2D eigenvalue weighted by atomic mass is 10.0. The van der Waals surface area contributed by atoms with Gasteiger partial charge in [0, 0.05) is 37.4 Å². The van der Waals surface area contributed by atoms with Crippen molar-refractivity contribution < 1.29 is 13.9 Å². The molecule has 0 aliphatic carbocycles. The van der Waals surface area contributed by atoms with E-state index in [1.807, 2.05) is 25.1 Å². The lowest BCUT2D eigenvalue weighted by Gasteiger charge is -2.41. The number of rotatable bonds is 3. The highest BCUT2D eigenvalue weighted by Crippen LogP contribution is 2.30. The first kappa shape index (κ1) is 20.5. The van der Waals surface area contributed by atoms with Gasteiger partial charge in [0.05, 0.1) is 29.8 Å². The van der Waals surface area contributed by atoms with Crippen molar-refractivity contribution in [3.63, 3.8) is 0 Å². The standard InChI is InChI=1S/C22H26FN5O2/c1-14-12-28(18-6-5-15(10-24)21-16(18)4-3-8-26-21)13-20(30-14)22(29)27(2)19-11-25-9-7-17(19)23/h3-6,8,14,17,19-20,25H,7,9,11-13H2,1-2H3/t14?,17-,19+,20?/m0/s1. The molecule has 2 aliphatic heterocycles. The average Bonchev–Trinajstić information content (AvgIpc) is 2.77. The number of nitrogens with zero attached hydrogens (tertiary/aromatic N) is 4. The lowest BCUT2D eigenvalue weighted by Crippen LogP contribution is -2.59. The number of benzene rings is 1. The molecule has 1 aromatic carbocycles. The second-order valence-corrected chi connectivity index (χ2v) is 8.01. The Morgan fingerprint density at radius 1 is 1.40 bits per heavy atom. The van der Waals surface area contributed by atoms with Crippen LogP contribution in [0, 0.1) is 11.3 Å². The molecule has 2 fully saturated rings. The summed E-state index contributed by atoms with van der Waals surface area (Å²) in [4.78, 5) is 21.1. The first-order valence-corrected chi connectivity index (χ1v) is 10.3. The fraction of sp³-hybridized carbons (Fsp3) is 0.500. The van der Waals surface area contributed by atoms with Gasteiger partial charge in [-0.2, -0.15) is 5.26 Å². The zero-order valence-corrected chi connectivity index (χ0v) is 17.2. The van der Waals surface area contributed by atoms with Crippen LogP contribution in [0.1, 0.15) is 18.9 Å². The average molecular weight is 411 g/mol. The summed E-state index contributed by atoms with van der Waals surface area (Å²) in [5.74, 6) is -0.209. The molecule has 158 valence electrons. The van der Waals surface area contributed by atoms with Crippen molar-refractivity contribution in [2.45, 2.75) is 37.8 Å². The number of likely N-dealkylation sites (N-methyl/N-ethyl adjacent to an activating group) is 1. The molecule has 3 heterocycles. The second kappa shape index (κ2) is 8.54. The van der Waals surface area contributed by atoms with Gasteiger partial charge in [-0.05, 0) is 44.2 Å². The van der Waals surface area contributed by atoms with E-state index in [2.05, 4.69) is 21.3 Å². The number of carbonyl (C=O) groups excluding carboxylic acids is 1. The maximum absolute atomic E-state index is 14.4. The number of morpholine rings is 1. The Hall–Kier alpha value is -2.76. The van der Waals surface area contributed by atoms with E-state index in [1.165, 1.54) is 4.90 Å². The minimum atomic E-state index is -1.04. The molecule has 4 atom stereocenters. The summed E-state index contributed by atoms with van der Waals surface area (Å²) in [7, 11) is 1.65. The first-order valence-electron chi connectivity index (χ1n) is 10.3. The summed E-state index contributed by atoms with van der Waals surface area (Å²) in [5, 5.41) is 13.4. The highest BCUT2D eigenvalue weighted by atomic mass is 19.1. The summed E-state index contributed by atoms with van der Waals surface area (Å²) in [6, 6.07) is 9.13. The number of amides is 1. The van der Waals surface area contributed by atoms with Crippen LogP contribution in [0.15, 0.2) is 30.5 Å². The minimum absolute atomic E-state index is 0.172. The van der Waals surface area contributed by atoms with Gasteiger partial charge >= 0.3 is 0 Å². The van der Waals surface area contributed by atoms with E-state index in [0.29, 0.717) is 43.7 Å². The number of nitrogens with one attached hydrogen (secondary N) is 1. The molecule has 2 aromatic rings. The molecular weight excluding hydrogens is 385 g/mol. The maximum atomic E-state index is 14.4. The fourth-order valence-corrected chi connectivity index (χ4v) is 4.39. The van der Waals surface area contributed by atoms with Gasteiger partial charge in [0.15, 0.2) is 6.10 Å². The van der Waals surface area contributed by atoms with Gasteiger partial charge in [-0.3, -0.25) is 9.78 Å². The third-order valence-corrected chi connectivity index (χ3v) is 5.96. The molecule has 1 amide bonds. The number of halogens is 1. The minimum Gasteiger partial charge on any atom is -0.365 e. The topological polar surface area (TPSA) is 81.5 Å². The zero-order chi connectivity index (χ0) is 21.3. The molecule has 8 heteroatoms. The van der Waals surface area contributed by atoms with E-state index in [4.69, 9.17) is 4.74 Å². The maximum Gasteiger partial charge on any atom is 0.253 e. The molecule has 1 aromatic heterocycles. The number of hydrogen-bond donors (Lipinski definition) is 1. The molecular formula is C22H26FN5O2. The number of nitriles is 1. The van der Waals surface area contributed by atoms with Gasteiger partial charge in [-0.25, -0.2) is 4.39 Å². The summed E-state index contributed by atoms with van der Waals surface area (Å²) >= 11 is 0. The fourth-order valence-electron chi connectivity index (χ4n) is 4.39. The zero-order valence-electron chi connectivity index (χ0n) is 17.2. The summed E-state index contributed by atoms with van der Waals surface area (Å²) in [6.07, 6.45) is 0.178. The highest BCUT2D eigenvalue weighted by Gasteiger charge is 2.37. The number of carbonyl (C=O) groups is 1. The summed E-state index contributed by atoms with van der Waals surface area (Å²) < 4.78 is 20.3. The second-order valence-electron chi connectivity index (χ2n) is 8.01. The van der Waals surface area contributed by atoms with Crippen LogP contribution in [0.3, 0.4) is 0 Å². The molecule has 4 rings (SSSR count). The van der Waals surface area contributed by atoms with Gasteiger partial charge < -0.3 is 19.9 Å². The Balaban J connectivity index is 1.59. The van der Waals surface area contributed by atoms with Crippen LogP contribution in [0.4, 0.5) is 10.1 Å². The van der Waals surface area contributed by atoms with E-state index in [9.17, 15) is 14.4 Å². The van der Waals surface area contributed by atoms with Crippen molar-refractivity contribution in [3.8, 4) is 6.07 Å². The largest absolute Gasteiger partial charge is 0.365 e. The van der Waals surface area contributed by atoms with E-state index >= 15 is 0 Å². The Morgan fingerprint density at radius 3 is 3.00 bits per heavy atom. The van der Waals surface area contributed by atoms with Crippen LogP contribution in [0.2, 0.25) is 0 Å². The molecule has 0 spiro atoms. The van der Waals surface area contributed by atoms with E-state index < -0.39 is 18.3 Å². The van der Waals surface area contributed by atoms with Crippen LogP contribution in [0.25, 0.3) is 10.9 Å². The van der Waals surface area contributed by atoms with Crippen molar-refractivity contribution in [2.24, 2.45) is 0 Å². The van der Waals surface area contributed by atoms with Crippen LogP contribution in [-0.2, 0) is 9.53 Å². The van der Waals surface area contributed by atoms with Crippen molar-refractivity contribution >= 4 is 22.5 Å². The van der Waals surface area contributed by atoms with Crippen LogP contribution < -0.4 is 10.2 Å². The molecule has 2 saturated heterocycles. The van der Waals surface area contributed by atoms with Gasteiger partial charge in [0.25, 0.3) is 5.91 Å². The van der Waals surface area contributed by atoms with Crippen LogP contribution in [-0.4, -0.2) is 73.4 Å². The highest BCUT2D eigenvalue weighted by molar-refractivity contribution is 5.95. The van der Waals surface area contributed by atoms with Gasteiger partial charge in [0.1, 0.15) is 12.2 Å². The van der Waals surface area contributed by atoms with E-state index in [-0.39, 0.29) is 12.0 Å². The van der Waals surface area contributed by atoms with Crippen molar-refractivity contribution in [1.29, 1.82) is 5.26 Å². The number of pyridine rings is 1. The van der Waals surface area contributed by atoms with Crippen molar-refractivity contribution in [1.82, 2.24) is 15.2 Å². The number of piperidine rings is 1. The smallest absolute Gasteiger partial charge is 0.253 e. The predicted molar refractivity (Wildman–Crippen MR) is 112 cm³/mol. The first-order chi connectivity index (χ1) is 14.5. The molecule has 7 nitrogen and oxygen atoms in total. The molecule has 0 radical (unpaired) electrons. The van der Waals surface area contributed by atoms with Gasteiger partial charge in [-0.15, -0.1) is 0 Å². The molecule has 2 unspecified atom stereocenters. The normalized spacial score (nSPS) is 26.9. The van der Waals surface area contributed by atoms with E-state index in [1.54, 1.807) is 19.3 Å². The third kappa shape index (κ3) is 3.83. The molecule has 0 saturated carbocycles. The number of alkyl halides is 1. The molecule has 1 N–H and O–H groups in total. The van der Waals surface area contributed by atoms with Gasteiger partial charge in [-0.1, -0.05) is 0 Å². The Bertz CT molecular complexity index is 978. The third-order valence-electron chi connectivity index (χ3n) is 5.96. The van der Waals surface area contributed by atoms with Crippen LogP contribution in [0.5, 0.6) is 0 Å². The molecule has 30 heavy (non-hydrogen) atoms. The quantitative estimate of drug-likeness (QED) is 0.830. The molecule has 0 bridgehead atoms. The molecule has 2 aliphatic rings. The number of ether oxygens (including phenoxy) is 1. The van der Waals surface area contributed by atoms with Gasteiger partial charge in [0.2, 0.25) is 0 Å². The number of aromatic nitrogens is 1. The van der Waals surface area contributed by atoms with E-state index in [0.717, 1.165) is 11.1 Å². The van der Waals surface area contributed by atoms with Crippen molar-refractivity contribution in [3.05, 3.63) is 36.0 Å². The number of hydrogen-bond acceptors (Lipinski definition) is 6. The SMILES string of the molecule is CC1CN(c2ccc(C#N)c3ncccc23)CC(C(=O)N(C)[C@@H]2CNCC[C@@H]2F)O1. The Morgan fingerprint density at radius 2 is 2.23 bits per heavy atom. The summed E-state index contributed by atoms with van der Waals surface area (Å²) in [5.41, 5.74) is 2.07. The predicted octanol–water partition coefficient (Wildman–Crippen LogP) is 1.86. The Labute approximate surface area is 175 Å². The number of fused-ring (bicyclic) bond motifs is 1. The van der Waals surface area contributed by atoms with Crippen LogP contribution >= 0.6 is 0 Å². The monoisotopic (exact) mass is 411 g/mol. The Kier molecular flexibility index (Phi) is 5.84. The lowest BCUT2D eigenvalue weighted by molar-refractivity contribution is -0.150. The number of anilines is 1. The van der Waals surface area contributed by atoms with Crippen molar-refractivity contribution in [2.75, 3.05) is 38.1 Å². The summed E-state index contributed by atoms with van der Waals surface area (Å²) in [6.45, 7) is 3.98.